The summed E-state index contributed by atoms with van der Waals surface area (Å²) in [7, 11) is 0. The van der Waals surface area contributed by atoms with Crippen molar-refractivity contribution in [3.63, 3.8) is 0 Å². The predicted octanol–water partition coefficient (Wildman–Crippen LogP) is 2.08. The molecule has 0 radical (unpaired) electrons. The number of amides is 1. The molecule has 90 valence electrons. The summed E-state index contributed by atoms with van der Waals surface area (Å²) < 4.78 is 5.35. The van der Waals surface area contributed by atoms with E-state index in [2.05, 4.69) is 10.2 Å². The fourth-order valence-electron chi connectivity index (χ4n) is 2.10. The van der Waals surface area contributed by atoms with E-state index in [1.54, 1.807) is 4.90 Å². The lowest BCUT2D eigenvalue weighted by atomic mass is 9.94. The standard InChI is InChI=1S/C11H19N3O2/c1-11(2,3)16-10(15)14-5-4-9-8(7-14)6-12-13-9/h8-9H,4-7H2,1-3H3. The van der Waals surface area contributed by atoms with Gasteiger partial charge in [0, 0.05) is 19.0 Å². The van der Waals surface area contributed by atoms with Gasteiger partial charge in [-0.2, -0.15) is 10.2 Å². The molecule has 0 aromatic heterocycles. The average molecular weight is 225 g/mol. The Morgan fingerprint density at radius 1 is 1.44 bits per heavy atom. The van der Waals surface area contributed by atoms with Gasteiger partial charge in [-0.15, -0.1) is 0 Å². The zero-order valence-corrected chi connectivity index (χ0v) is 10.1. The Kier molecular flexibility index (Phi) is 2.86. The molecular weight excluding hydrogens is 206 g/mol. The number of hydrogen-bond acceptors (Lipinski definition) is 4. The summed E-state index contributed by atoms with van der Waals surface area (Å²) in [5, 5.41) is 8.21. The first-order valence-electron chi connectivity index (χ1n) is 5.80. The predicted molar refractivity (Wildman–Crippen MR) is 59.4 cm³/mol. The lowest BCUT2D eigenvalue weighted by Gasteiger charge is -2.34. The van der Waals surface area contributed by atoms with Crippen LogP contribution in [0.1, 0.15) is 27.2 Å². The number of likely N-dealkylation sites (tertiary alicyclic amines) is 1. The van der Waals surface area contributed by atoms with Crippen LogP contribution in [0.2, 0.25) is 0 Å². The molecule has 5 nitrogen and oxygen atoms in total. The number of hydrogen-bond donors (Lipinski definition) is 0. The fraction of sp³-hybridized carbons (Fsp3) is 0.909. The topological polar surface area (TPSA) is 54.3 Å². The van der Waals surface area contributed by atoms with Gasteiger partial charge in [0.2, 0.25) is 0 Å². The summed E-state index contributed by atoms with van der Waals surface area (Å²) in [6.07, 6.45) is 0.700. The fourth-order valence-corrected chi connectivity index (χ4v) is 2.10. The molecule has 2 unspecified atom stereocenters. The summed E-state index contributed by atoms with van der Waals surface area (Å²) in [5.74, 6) is 0.404. The second kappa shape index (κ2) is 4.03. The van der Waals surface area contributed by atoms with E-state index in [0.717, 1.165) is 26.1 Å². The van der Waals surface area contributed by atoms with Crippen LogP contribution >= 0.6 is 0 Å². The van der Waals surface area contributed by atoms with E-state index in [9.17, 15) is 4.79 Å². The minimum atomic E-state index is -0.418. The van der Waals surface area contributed by atoms with E-state index >= 15 is 0 Å². The number of carbonyl (C=O) groups excluding carboxylic acids is 1. The molecule has 2 atom stereocenters. The van der Waals surface area contributed by atoms with Gasteiger partial charge in [0.15, 0.2) is 0 Å². The maximum absolute atomic E-state index is 11.8. The van der Waals surface area contributed by atoms with Gasteiger partial charge in [-0.3, -0.25) is 0 Å². The van der Waals surface area contributed by atoms with Gasteiger partial charge >= 0.3 is 6.09 Å². The first-order chi connectivity index (χ1) is 7.46. The van der Waals surface area contributed by atoms with Crippen LogP contribution in [0.15, 0.2) is 10.2 Å². The average Bonchev–Trinajstić information content (AvgIpc) is 2.61. The van der Waals surface area contributed by atoms with Crippen LogP contribution < -0.4 is 0 Å². The Labute approximate surface area is 95.9 Å². The monoisotopic (exact) mass is 225 g/mol. The second-order valence-corrected chi connectivity index (χ2v) is 5.48. The summed E-state index contributed by atoms with van der Waals surface area (Å²) in [4.78, 5) is 13.6. The molecule has 2 rings (SSSR count). The number of nitrogens with zero attached hydrogens (tertiary/aromatic N) is 3. The van der Waals surface area contributed by atoms with Crippen molar-refractivity contribution >= 4 is 6.09 Å². The van der Waals surface area contributed by atoms with Crippen LogP contribution in [0, 0.1) is 5.92 Å². The lowest BCUT2D eigenvalue weighted by molar-refractivity contribution is 0.0165. The smallest absolute Gasteiger partial charge is 0.410 e. The van der Waals surface area contributed by atoms with Crippen molar-refractivity contribution in [1.29, 1.82) is 0 Å². The highest BCUT2D eigenvalue weighted by atomic mass is 16.6. The van der Waals surface area contributed by atoms with Gasteiger partial charge in [0.05, 0.1) is 12.6 Å². The third-order valence-electron chi connectivity index (χ3n) is 2.89. The Hall–Kier alpha value is -1.13. The molecule has 2 aliphatic heterocycles. The minimum Gasteiger partial charge on any atom is -0.444 e. The van der Waals surface area contributed by atoms with Crippen molar-refractivity contribution < 1.29 is 9.53 Å². The molecule has 0 aliphatic carbocycles. The first-order valence-corrected chi connectivity index (χ1v) is 5.80. The van der Waals surface area contributed by atoms with E-state index in [4.69, 9.17) is 4.74 Å². The third kappa shape index (κ3) is 2.51. The van der Waals surface area contributed by atoms with Gasteiger partial charge in [0.25, 0.3) is 0 Å². The molecule has 1 saturated heterocycles. The Morgan fingerprint density at radius 3 is 2.88 bits per heavy atom. The molecular formula is C11H19N3O2. The normalized spacial score (nSPS) is 29.1. The largest absolute Gasteiger partial charge is 0.444 e. The number of carbonyl (C=O) groups is 1. The molecule has 0 aromatic carbocycles. The van der Waals surface area contributed by atoms with E-state index in [1.807, 2.05) is 20.8 Å². The van der Waals surface area contributed by atoms with Crippen molar-refractivity contribution in [3.8, 4) is 0 Å². The molecule has 1 fully saturated rings. The minimum absolute atomic E-state index is 0.210. The quantitative estimate of drug-likeness (QED) is 0.633. The first kappa shape index (κ1) is 11.4. The van der Waals surface area contributed by atoms with Crippen LogP contribution in [0.5, 0.6) is 0 Å². The van der Waals surface area contributed by atoms with Crippen molar-refractivity contribution in [1.82, 2.24) is 4.90 Å². The number of piperidine rings is 1. The van der Waals surface area contributed by atoms with Gasteiger partial charge in [-0.25, -0.2) is 4.79 Å². The molecule has 0 aromatic rings. The molecule has 1 amide bonds. The van der Waals surface area contributed by atoms with Crippen LogP contribution in [-0.4, -0.2) is 42.3 Å². The van der Waals surface area contributed by atoms with E-state index in [0.29, 0.717) is 12.0 Å². The molecule has 0 N–H and O–H groups in total. The third-order valence-corrected chi connectivity index (χ3v) is 2.89. The van der Waals surface area contributed by atoms with Crippen LogP contribution in [-0.2, 0) is 4.74 Å². The van der Waals surface area contributed by atoms with Crippen molar-refractivity contribution in [3.05, 3.63) is 0 Å². The Balaban J connectivity index is 1.89. The Bertz CT molecular complexity index is 309. The summed E-state index contributed by atoms with van der Waals surface area (Å²) in [6.45, 7) is 7.87. The lowest BCUT2D eigenvalue weighted by Crippen LogP contribution is -2.46. The molecule has 0 spiro atoms. The summed E-state index contributed by atoms with van der Waals surface area (Å²) in [5.41, 5.74) is -0.418. The summed E-state index contributed by atoms with van der Waals surface area (Å²) >= 11 is 0. The maximum Gasteiger partial charge on any atom is 0.410 e. The molecule has 0 bridgehead atoms. The van der Waals surface area contributed by atoms with Gasteiger partial charge in [-0.1, -0.05) is 0 Å². The second-order valence-electron chi connectivity index (χ2n) is 5.48. The van der Waals surface area contributed by atoms with E-state index < -0.39 is 5.60 Å². The van der Waals surface area contributed by atoms with Crippen molar-refractivity contribution in [2.24, 2.45) is 16.1 Å². The van der Waals surface area contributed by atoms with Crippen molar-refractivity contribution in [2.45, 2.75) is 38.8 Å². The highest BCUT2D eigenvalue weighted by Crippen LogP contribution is 2.26. The molecule has 2 aliphatic rings. The maximum atomic E-state index is 11.8. The SMILES string of the molecule is CC(C)(C)OC(=O)N1CCC2N=NCC2C1. The van der Waals surface area contributed by atoms with Gasteiger partial charge in [0.1, 0.15) is 5.60 Å². The Morgan fingerprint density at radius 2 is 2.19 bits per heavy atom. The summed E-state index contributed by atoms with van der Waals surface area (Å²) in [6, 6.07) is 0.332. The van der Waals surface area contributed by atoms with Crippen LogP contribution in [0.4, 0.5) is 4.79 Å². The number of ether oxygens (including phenoxy) is 1. The molecule has 0 saturated carbocycles. The molecule has 16 heavy (non-hydrogen) atoms. The number of rotatable bonds is 0. The molecule has 2 heterocycles. The zero-order chi connectivity index (χ0) is 11.8. The van der Waals surface area contributed by atoms with Crippen LogP contribution in [0.25, 0.3) is 0 Å². The van der Waals surface area contributed by atoms with Crippen molar-refractivity contribution in [2.75, 3.05) is 19.6 Å². The van der Waals surface area contributed by atoms with Gasteiger partial charge in [-0.05, 0) is 27.2 Å². The van der Waals surface area contributed by atoms with Gasteiger partial charge < -0.3 is 9.64 Å². The zero-order valence-electron chi connectivity index (χ0n) is 10.1. The van der Waals surface area contributed by atoms with Crippen LogP contribution in [0.3, 0.4) is 0 Å². The number of fused-ring (bicyclic) bond motifs is 1. The highest BCUT2D eigenvalue weighted by Gasteiger charge is 2.35. The van der Waals surface area contributed by atoms with E-state index in [1.165, 1.54) is 0 Å². The molecule has 5 heteroatoms. The number of azo groups is 1. The van der Waals surface area contributed by atoms with E-state index in [-0.39, 0.29) is 6.09 Å². The highest BCUT2D eigenvalue weighted by molar-refractivity contribution is 5.68.